The van der Waals surface area contributed by atoms with E-state index in [9.17, 15) is 13.9 Å². The van der Waals surface area contributed by atoms with Crippen molar-refractivity contribution >= 4 is 27.5 Å². The molecule has 4 aliphatic heterocycles. The topological polar surface area (TPSA) is 83.8 Å². The zero-order valence-electron chi connectivity index (χ0n) is 25.3. The minimum Gasteiger partial charge on any atom is -0.508 e. The van der Waals surface area contributed by atoms with Crippen molar-refractivity contribution in [3.63, 3.8) is 0 Å². The van der Waals surface area contributed by atoms with Crippen molar-refractivity contribution in [2.45, 2.75) is 57.2 Å². The van der Waals surface area contributed by atoms with E-state index in [1.54, 1.807) is 12.3 Å². The lowest BCUT2D eigenvalue weighted by atomic mass is 9.87. The number of aromatic nitrogens is 3. The second-order valence-corrected chi connectivity index (χ2v) is 13.3. The summed E-state index contributed by atoms with van der Waals surface area (Å²) in [5, 5.41) is 12.1. The molecule has 8 rings (SSSR count). The van der Waals surface area contributed by atoms with Crippen LogP contribution in [0.25, 0.3) is 32.9 Å². The van der Waals surface area contributed by atoms with E-state index >= 15 is 4.39 Å². The molecule has 236 valence electrons. The molecule has 0 saturated carbocycles. The molecule has 2 aromatic carbocycles. The first-order valence-electron chi connectivity index (χ1n) is 15.9. The van der Waals surface area contributed by atoms with Crippen molar-refractivity contribution in [1.82, 2.24) is 19.9 Å². The van der Waals surface area contributed by atoms with Crippen LogP contribution in [-0.2, 0) is 11.2 Å². The van der Waals surface area contributed by atoms with Gasteiger partial charge in [-0.1, -0.05) is 13.0 Å². The maximum Gasteiger partial charge on any atom is 0.319 e. The van der Waals surface area contributed by atoms with E-state index in [0.717, 1.165) is 45.4 Å². The molecule has 3 atom stereocenters. The SMILES string of the molecule is CCc1c(F)ccc2cc(O)cc(-c3ncc4c(N5CCC6(CCOC6)C5)nc(OC[C@@]56CCCN5C[C@H](F)C6)nc4c3F)c12. The molecule has 2 aromatic heterocycles. The number of nitrogens with zero attached hydrogens (tertiary/aromatic N) is 5. The average molecular weight is 620 g/mol. The third-order valence-corrected chi connectivity index (χ3v) is 10.6. The second kappa shape index (κ2) is 10.7. The van der Waals surface area contributed by atoms with Gasteiger partial charge in [0.15, 0.2) is 5.82 Å². The van der Waals surface area contributed by atoms with Gasteiger partial charge in [0.05, 0.1) is 17.5 Å². The largest absolute Gasteiger partial charge is 0.508 e. The van der Waals surface area contributed by atoms with Gasteiger partial charge < -0.3 is 19.5 Å². The number of phenolic OH excluding ortho intramolecular Hbond substituents is 1. The van der Waals surface area contributed by atoms with Crippen LogP contribution >= 0.6 is 0 Å². The smallest absolute Gasteiger partial charge is 0.319 e. The van der Waals surface area contributed by atoms with Crippen LogP contribution < -0.4 is 9.64 Å². The van der Waals surface area contributed by atoms with Gasteiger partial charge in [-0.25, -0.2) is 13.2 Å². The number of alkyl halides is 1. The van der Waals surface area contributed by atoms with E-state index in [2.05, 4.69) is 19.8 Å². The summed E-state index contributed by atoms with van der Waals surface area (Å²) in [7, 11) is 0. The number of hydrogen-bond acceptors (Lipinski definition) is 8. The van der Waals surface area contributed by atoms with Crippen LogP contribution in [0.5, 0.6) is 11.8 Å². The Bertz CT molecular complexity index is 1820. The van der Waals surface area contributed by atoms with Gasteiger partial charge >= 0.3 is 6.01 Å². The van der Waals surface area contributed by atoms with E-state index in [1.807, 2.05) is 6.92 Å². The van der Waals surface area contributed by atoms with Gasteiger partial charge in [-0.3, -0.25) is 9.88 Å². The number of anilines is 1. The maximum atomic E-state index is 16.8. The number of benzene rings is 2. The highest BCUT2D eigenvalue weighted by Crippen LogP contribution is 2.44. The lowest BCUT2D eigenvalue weighted by Crippen LogP contribution is -2.43. The minimum atomic E-state index is -0.905. The first-order valence-corrected chi connectivity index (χ1v) is 15.9. The molecule has 11 heteroatoms. The van der Waals surface area contributed by atoms with Crippen LogP contribution in [0, 0.1) is 17.0 Å². The Hall–Kier alpha value is -3.70. The fourth-order valence-electron chi connectivity index (χ4n) is 8.28. The number of rotatable bonds is 6. The van der Waals surface area contributed by atoms with Crippen molar-refractivity contribution in [1.29, 1.82) is 0 Å². The van der Waals surface area contributed by atoms with Crippen LogP contribution in [0.2, 0.25) is 0 Å². The van der Waals surface area contributed by atoms with E-state index in [0.29, 0.717) is 60.1 Å². The highest BCUT2D eigenvalue weighted by Gasteiger charge is 2.49. The summed E-state index contributed by atoms with van der Waals surface area (Å²) < 4.78 is 58.2. The maximum absolute atomic E-state index is 16.8. The Morgan fingerprint density at radius 1 is 1.13 bits per heavy atom. The highest BCUT2D eigenvalue weighted by molar-refractivity contribution is 6.01. The van der Waals surface area contributed by atoms with Crippen LogP contribution in [0.15, 0.2) is 30.5 Å². The molecule has 0 amide bonds. The summed E-state index contributed by atoms with van der Waals surface area (Å²) in [5.41, 5.74) is 0.296. The Kier molecular flexibility index (Phi) is 6.83. The lowest BCUT2D eigenvalue weighted by Gasteiger charge is -2.31. The number of halogens is 3. The monoisotopic (exact) mass is 619 g/mol. The molecule has 1 N–H and O–H groups in total. The third kappa shape index (κ3) is 4.69. The number of aryl methyl sites for hydroxylation is 1. The standard InChI is InChI=1S/C34H36F3N5O3/c1-2-23-26(36)5-4-20-12-22(43)13-24(27(20)23)29-28(37)30-25(15-38-29)31(41-10-7-33(17-41)8-11-44-18-33)40-32(39-30)45-19-34-6-3-9-42(34)16-21(35)14-34/h4-5,12-13,15,21,43H,2-3,6-11,14,16-19H2,1H3/t21-,33?,34+/m1/s1. The Morgan fingerprint density at radius 3 is 2.84 bits per heavy atom. The molecular weight excluding hydrogens is 583 g/mol. The van der Waals surface area contributed by atoms with E-state index in [4.69, 9.17) is 14.5 Å². The Balaban J connectivity index is 1.26. The Morgan fingerprint density at radius 2 is 2.02 bits per heavy atom. The first kappa shape index (κ1) is 28.8. The molecule has 6 heterocycles. The van der Waals surface area contributed by atoms with Crippen molar-refractivity contribution in [2.24, 2.45) is 5.41 Å². The fraction of sp³-hybridized carbons (Fsp3) is 0.500. The van der Waals surface area contributed by atoms with Gasteiger partial charge in [-0.05, 0) is 73.2 Å². The quantitative estimate of drug-likeness (QED) is 0.283. The molecule has 1 unspecified atom stereocenters. The van der Waals surface area contributed by atoms with E-state index in [-0.39, 0.29) is 40.6 Å². The van der Waals surface area contributed by atoms with Gasteiger partial charge in [0.1, 0.15) is 41.4 Å². The first-order chi connectivity index (χ1) is 21.8. The van der Waals surface area contributed by atoms with Crippen LogP contribution in [0.3, 0.4) is 0 Å². The minimum absolute atomic E-state index is 0.0224. The van der Waals surface area contributed by atoms with Crippen LogP contribution in [0.1, 0.15) is 44.6 Å². The molecule has 4 aliphatic rings. The summed E-state index contributed by atoms with van der Waals surface area (Å²) in [6.07, 6.45) is 5.11. The molecule has 4 fully saturated rings. The van der Waals surface area contributed by atoms with Gasteiger partial charge in [0, 0.05) is 49.8 Å². The van der Waals surface area contributed by atoms with Gasteiger partial charge in [0.2, 0.25) is 0 Å². The molecule has 4 aromatic rings. The molecule has 1 spiro atoms. The van der Waals surface area contributed by atoms with E-state index < -0.39 is 23.3 Å². The number of aromatic hydroxyl groups is 1. The van der Waals surface area contributed by atoms with Gasteiger partial charge in [-0.2, -0.15) is 9.97 Å². The number of phenols is 1. The predicted octanol–water partition coefficient (Wildman–Crippen LogP) is 5.96. The van der Waals surface area contributed by atoms with Crippen molar-refractivity contribution in [2.75, 3.05) is 50.9 Å². The molecule has 0 radical (unpaired) electrons. The summed E-state index contributed by atoms with van der Waals surface area (Å²) >= 11 is 0. The van der Waals surface area contributed by atoms with Crippen molar-refractivity contribution < 1.29 is 27.8 Å². The molecule has 0 bridgehead atoms. The van der Waals surface area contributed by atoms with Gasteiger partial charge in [-0.15, -0.1) is 0 Å². The molecule has 4 saturated heterocycles. The highest BCUT2D eigenvalue weighted by atomic mass is 19.1. The summed E-state index contributed by atoms with van der Waals surface area (Å²) in [6, 6.07) is 5.92. The van der Waals surface area contributed by atoms with Crippen molar-refractivity contribution in [3.05, 3.63) is 47.7 Å². The van der Waals surface area contributed by atoms with Crippen LogP contribution in [0.4, 0.5) is 19.0 Å². The number of fused-ring (bicyclic) bond motifs is 3. The fourth-order valence-corrected chi connectivity index (χ4v) is 8.28. The summed E-state index contributed by atoms with van der Waals surface area (Å²) in [5.74, 6) is -0.653. The van der Waals surface area contributed by atoms with Crippen LogP contribution in [-0.4, -0.2) is 82.7 Å². The normalized spacial score (nSPS) is 26.6. The Labute approximate surface area is 259 Å². The zero-order chi connectivity index (χ0) is 30.9. The zero-order valence-corrected chi connectivity index (χ0v) is 25.3. The summed E-state index contributed by atoms with van der Waals surface area (Å²) in [4.78, 5) is 18.2. The molecule has 0 aliphatic carbocycles. The number of pyridine rings is 1. The third-order valence-electron chi connectivity index (χ3n) is 10.6. The molecule has 8 nitrogen and oxygen atoms in total. The number of ether oxygens (including phenoxy) is 2. The predicted molar refractivity (Wildman–Crippen MR) is 164 cm³/mol. The lowest BCUT2D eigenvalue weighted by molar-refractivity contribution is 0.107. The van der Waals surface area contributed by atoms with E-state index in [1.165, 1.54) is 18.2 Å². The average Bonchev–Trinajstić information content (AvgIpc) is 3.81. The van der Waals surface area contributed by atoms with Gasteiger partial charge in [0.25, 0.3) is 0 Å². The number of hydrogen-bond donors (Lipinski definition) is 1. The molecular formula is C34H36F3N5O3. The van der Waals surface area contributed by atoms with Crippen molar-refractivity contribution in [3.8, 4) is 23.0 Å². The summed E-state index contributed by atoms with van der Waals surface area (Å²) in [6.45, 7) is 6.09. The second-order valence-electron chi connectivity index (χ2n) is 13.3. The molecule has 45 heavy (non-hydrogen) atoms.